The first kappa shape index (κ1) is 9.44. The molecule has 1 unspecified atom stereocenters. The van der Waals surface area contributed by atoms with Crippen LogP contribution < -0.4 is 0 Å². The van der Waals surface area contributed by atoms with Gasteiger partial charge in [-0.25, -0.2) is 0 Å². The smallest absolute Gasteiger partial charge is 0.136 e. The summed E-state index contributed by atoms with van der Waals surface area (Å²) in [6, 6.07) is 2.00. The van der Waals surface area contributed by atoms with E-state index in [2.05, 4.69) is 5.10 Å². The molecule has 1 heterocycles. The molecule has 3 nitrogen and oxygen atoms in total. The van der Waals surface area contributed by atoms with Gasteiger partial charge in [0.1, 0.15) is 5.78 Å². The minimum absolute atomic E-state index is 0.305. The molecule has 1 aromatic heterocycles. The maximum Gasteiger partial charge on any atom is 0.136 e. The lowest BCUT2D eigenvalue weighted by Gasteiger charge is -2.07. The van der Waals surface area contributed by atoms with Crippen LogP contribution in [-0.4, -0.2) is 15.6 Å². The highest BCUT2D eigenvalue weighted by molar-refractivity contribution is 5.82. The summed E-state index contributed by atoms with van der Waals surface area (Å²) in [4.78, 5) is 11.4. The van der Waals surface area contributed by atoms with Gasteiger partial charge in [-0.3, -0.25) is 9.48 Å². The lowest BCUT2D eigenvalue weighted by molar-refractivity contribution is -0.120. The number of Topliss-reactive ketones (excluding diaryl/α,β-unsaturated/α-hetero) is 1. The van der Waals surface area contributed by atoms with Crippen LogP contribution in [-0.2, 0) is 11.3 Å². The van der Waals surface area contributed by atoms with Crippen LogP contribution in [0.15, 0.2) is 12.3 Å². The Balaban J connectivity index is 1.85. The first-order valence-electron chi connectivity index (χ1n) is 5.28. The molecule has 0 aliphatic heterocycles. The lowest BCUT2D eigenvalue weighted by Crippen LogP contribution is -2.10. The van der Waals surface area contributed by atoms with Crippen LogP contribution in [0.1, 0.15) is 31.4 Å². The number of aryl methyl sites for hydroxylation is 2. The second-order valence-corrected chi connectivity index (χ2v) is 4.06. The quantitative estimate of drug-likeness (QED) is 0.733. The largest absolute Gasteiger partial charge is 0.299 e. The Morgan fingerprint density at radius 3 is 3.07 bits per heavy atom. The van der Waals surface area contributed by atoms with Crippen molar-refractivity contribution < 1.29 is 4.79 Å². The fourth-order valence-corrected chi connectivity index (χ4v) is 2.07. The average Bonchev–Trinajstić information content (AvgIpc) is 2.72. The van der Waals surface area contributed by atoms with Gasteiger partial charge < -0.3 is 0 Å². The summed E-state index contributed by atoms with van der Waals surface area (Å²) in [7, 11) is 0. The van der Waals surface area contributed by atoms with Gasteiger partial charge in [-0.2, -0.15) is 5.10 Å². The topological polar surface area (TPSA) is 34.9 Å². The summed E-state index contributed by atoms with van der Waals surface area (Å²) in [5.41, 5.74) is 1.04. The second-order valence-electron chi connectivity index (χ2n) is 4.06. The Labute approximate surface area is 84.1 Å². The summed E-state index contributed by atoms with van der Waals surface area (Å²) in [5.74, 6) is 0.758. The molecular weight excluding hydrogens is 176 g/mol. The van der Waals surface area contributed by atoms with Gasteiger partial charge in [0.2, 0.25) is 0 Å². The van der Waals surface area contributed by atoms with E-state index in [4.69, 9.17) is 0 Å². The van der Waals surface area contributed by atoms with Gasteiger partial charge in [0, 0.05) is 25.1 Å². The van der Waals surface area contributed by atoms with Crippen molar-refractivity contribution in [1.29, 1.82) is 0 Å². The third-order valence-electron chi connectivity index (χ3n) is 2.91. The third-order valence-corrected chi connectivity index (χ3v) is 2.91. The zero-order valence-corrected chi connectivity index (χ0v) is 8.57. The Bertz CT molecular complexity index is 330. The first-order chi connectivity index (χ1) is 6.75. The molecule has 1 saturated carbocycles. The van der Waals surface area contributed by atoms with Crippen molar-refractivity contribution in [3.63, 3.8) is 0 Å². The fraction of sp³-hybridized carbons (Fsp3) is 0.636. The van der Waals surface area contributed by atoms with Crippen molar-refractivity contribution in [3.05, 3.63) is 18.0 Å². The number of rotatable bonds is 3. The predicted octanol–water partition coefficient (Wildman–Crippen LogP) is 1.95. The summed E-state index contributed by atoms with van der Waals surface area (Å²) >= 11 is 0. The normalized spacial score (nSPS) is 21.8. The van der Waals surface area contributed by atoms with Crippen LogP contribution in [0, 0.1) is 12.8 Å². The lowest BCUT2D eigenvalue weighted by atomic mass is 10.0. The number of ketones is 1. The zero-order chi connectivity index (χ0) is 9.97. The molecule has 0 radical (unpaired) electrons. The molecule has 0 saturated heterocycles. The van der Waals surface area contributed by atoms with Crippen molar-refractivity contribution in [2.45, 2.75) is 39.2 Å². The summed E-state index contributed by atoms with van der Waals surface area (Å²) in [6.45, 7) is 2.86. The molecule has 0 N–H and O–H groups in total. The van der Waals surface area contributed by atoms with Gasteiger partial charge in [-0.15, -0.1) is 0 Å². The Morgan fingerprint density at radius 2 is 2.50 bits per heavy atom. The van der Waals surface area contributed by atoms with E-state index in [0.29, 0.717) is 11.7 Å². The first-order valence-corrected chi connectivity index (χ1v) is 5.28. The Hall–Kier alpha value is -1.12. The molecule has 1 aromatic rings. The van der Waals surface area contributed by atoms with Crippen LogP contribution in [0.2, 0.25) is 0 Å². The molecule has 3 heteroatoms. The van der Waals surface area contributed by atoms with Crippen LogP contribution in [0.5, 0.6) is 0 Å². The average molecular weight is 192 g/mol. The number of hydrogen-bond donors (Lipinski definition) is 0. The van der Waals surface area contributed by atoms with E-state index in [1.807, 2.05) is 23.9 Å². The second kappa shape index (κ2) is 3.95. The molecule has 0 spiro atoms. The van der Waals surface area contributed by atoms with Gasteiger partial charge in [0.05, 0.1) is 5.69 Å². The molecule has 0 amide bonds. The van der Waals surface area contributed by atoms with E-state index in [1.165, 1.54) is 0 Å². The maximum atomic E-state index is 11.4. The number of aromatic nitrogens is 2. The Morgan fingerprint density at radius 1 is 1.64 bits per heavy atom. The highest BCUT2D eigenvalue weighted by Gasteiger charge is 2.23. The number of carbonyl (C=O) groups is 1. The summed E-state index contributed by atoms with van der Waals surface area (Å²) in [6.07, 6.45) is 5.90. The van der Waals surface area contributed by atoms with Crippen molar-refractivity contribution in [2.75, 3.05) is 0 Å². The molecular formula is C11H16N2O. The molecule has 76 valence electrons. The van der Waals surface area contributed by atoms with E-state index in [-0.39, 0.29) is 0 Å². The van der Waals surface area contributed by atoms with Crippen LogP contribution in [0.25, 0.3) is 0 Å². The number of nitrogens with zero attached hydrogens (tertiary/aromatic N) is 2. The molecule has 1 atom stereocenters. The molecule has 1 aliphatic carbocycles. The number of carbonyl (C=O) groups excluding carboxylic acids is 1. The van der Waals surface area contributed by atoms with Crippen LogP contribution in [0.4, 0.5) is 0 Å². The standard InChI is InChI=1S/C11H16N2O/c1-9-5-7-13(12-9)8-6-10-3-2-4-11(10)14/h5,7,10H,2-4,6,8H2,1H3. The van der Waals surface area contributed by atoms with Crippen LogP contribution >= 0.6 is 0 Å². The zero-order valence-electron chi connectivity index (χ0n) is 8.57. The van der Waals surface area contributed by atoms with E-state index < -0.39 is 0 Å². The van der Waals surface area contributed by atoms with Gasteiger partial charge in [-0.1, -0.05) is 0 Å². The van der Waals surface area contributed by atoms with Gasteiger partial charge >= 0.3 is 0 Å². The number of hydrogen-bond acceptors (Lipinski definition) is 2. The summed E-state index contributed by atoms with van der Waals surface area (Å²) in [5, 5.41) is 4.30. The van der Waals surface area contributed by atoms with Crippen molar-refractivity contribution >= 4 is 5.78 Å². The van der Waals surface area contributed by atoms with Crippen molar-refractivity contribution in [1.82, 2.24) is 9.78 Å². The maximum absolute atomic E-state index is 11.4. The highest BCUT2D eigenvalue weighted by atomic mass is 16.1. The molecule has 2 rings (SSSR count). The monoisotopic (exact) mass is 192 g/mol. The molecule has 0 bridgehead atoms. The van der Waals surface area contributed by atoms with Gasteiger partial charge in [0.15, 0.2) is 0 Å². The minimum Gasteiger partial charge on any atom is -0.299 e. The van der Waals surface area contributed by atoms with E-state index in [0.717, 1.165) is 37.9 Å². The molecule has 14 heavy (non-hydrogen) atoms. The summed E-state index contributed by atoms with van der Waals surface area (Å²) < 4.78 is 1.93. The predicted molar refractivity (Wildman–Crippen MR) is 53.9 cm³/mol. The van der Waals surface area contributed by atoms with E-state index in [1.54, 1.807) is 0 Å². The molecule has 1 aliphatic rings. The van der Waals surface area contributed by atoms with E-state index >= 15 is 0 Å². The molecule has 0 aromatic carbocycles. The van der Waals surface area contributed by atoms with E-state index in [9.17, 15) is 4.79 Å². The fourth-order valence-electron chi connectivity index (χ4n) is 2.07. The van der Waals surface area contributed by atoms with Crippen LogP contribution in [0.3, 0.4) is 0 Å². The van der Waals surface area contributed by atoms with Crippen molar-refractivity contribution in [2.24, 2.45) is 5.92 Å². The van der Waals surface area contributed by atoms with Crippen molar-refractivity contribution in [3.8, 4) is 0 Å². The SMILES string of the molecule is Cc1ccn(CCC2CCCC2=O)n1. The highest BCUT2D eigenvalue weighted by Crippen LogP contribution is 2.24. The molecule has 1 fully saturated rings. The minimum atomic E-state index is 0.305. The Kier molecular flexibility index (Phi) is 2.66. The van der Waals surface area contributed by atoms with Gasteiger partial charge in [-0.05, 0) is 32.3 Å². The third kappa shape index (κ3) is 2.03. The van der Waals surface area contributed by atoms with Gasteiger partial charge in [0.25, 0.3) is 0 Å².